The Morgan fingerprint density at radius 3 is 3.00 bits per heavy atom. The summed E-state index contributed by atoms with van der Waals surface area (Å²) in [6.45, 7) is 0. The van der Waals surface area contributed by atoms with Crippen molar-refractivity contribution in [1.82, 2.24) is 10.6 Å². The Hall–Kier alpha value is -2.39. The minimum absolute atomic E-state index is 0.0773. The van der Waals surface area contributed by atoms with Crippen molar-refractivity contribution >= 4 is 17.8 Å². The van der Waals surface area contributed by atoms with Crippen molar-refractivity contribution in [2.24, 2.45) is 5.92 Å². The van der Waals surface area contributed by atoms with Gasteiger partial charge in [0.05, 0.1) is 12.1 Å². The van der Waals surface area contributed by atoms with Gasteiger partial charge in [-0.25, -0.2) is 0 Å². The quantitative estimate of drug-likeness (QED) is 0.479. The van der Waals surface area contributed by atoms with Gasteiger partial charge in [-0.15, -0.1) is 0 Å². The SMILES string of the molecule is N#CC(Cc1ccc(N)c(C=N)c1)NC(=O)C1NC2CCC1C2. The molecular weight excluding hydrogens is 290 g/mol. The van der Waals surface area contributed by atoms with Crippen molar-refractivity contribution in [2.75, 3.05) is 5.73 Å². The standard InChI is InChI=1S/C17H21N5O/c18-8-12-5-10(1-4-15(12)20)6-14(9-19)22-17(23)16-11-2-3-13(7-11)21-16/h1,4-5,8,11,13-14,16,18,21H,2-3,6-7,20H2,(H,22,23). The number of carbonyl (C=O) groups is 1. The Labute approximate surface area is 135 Å². The largest absolute Gasteiger partial charge is 0.398 e. The number of piperidine rings is 1. The Morgan fingerprint density at radius 2 is 2.39 bits per heavy atom. The van der Waals surface area contributed by atoms with Gasteiger partial charge in [0.1, 0.15) is 6.04 Å². The molecule has 6 nitrogen and oxygen atoms in total. The monoisotopic (exact) mass is 311 g/mol. The molecule has 1 aromatic rings. The molecule has 1 aromatic carbocycles. The number of hydrogen-bond donors (Lipinski definition) is 4. The number of rotatable bonds is 5. The summed E-state index contributed by atoms with van der Waals surface area (Å²) >= 11 is 0. The van der Waals surface area contributed by atoms with Crippen molar-refractivity contribution in [3.8, 4) is 6.07 Å². The average molecular weight is 311 g/mol. The lowest BCUT2D eigenvalue weighted by molar-refractivity contribution is -0.124. The van der Waals surface area contributed by atoms with Crippen LogP contribution >= 0.6 is 0 Å². The Balaban J connectivity index is 1.63. The molecule has 0 aromatic heterocycles. The molecule has 1 saturated heterocycles. The number of nitrogens with one attached hydrogen (secondary N) is 3. The maximum absolute atomic E-state index is 12.4. The molecule has 1 aliphatic carbocycles. The predicted molar refractivity (Wildman–Crippen MR) is 88.0 cm³/mol. The molecule has 1 heterocycles. The first-order chi connectivity index (χ1) is 11.1. The van der Waals surface area contributed by atoms with Gasteiger partial charge in [-0.1, -0.05) is 6.07 Å². The number of amides is 1. The molecule has 1 amide bonds. The molecule has 2 aliphatic rings. The molecule has 1 saturated carbocycles. The highest BCUT2D eigenvalue weighted by Crippen LogP contribution is 2.35. The number of fused-ring (bicyclic) bond motifs is 2. The van der Waals surface area contributed by atoms with Crippen LogP contribution < -0.4 is 16.4 Å². The van der Waals surface area contributed by atoms with Gasteiger partial charge in [0, 0.05) is 29.9 Å². The van der Waals surface area contributed by atoms with Crippen LogP contribution in [0.3, 0.4) is 0 Å². The first-order valence-electron chi connectivity index (χ1n) is 7.95. The van der Waals surface area contributed by atoms with E-state index in [1.807, 2.05) is 6.07 Å². The molecule has 1 aliphatic heterocycles. The minimum Gasteiger partial charge on any atom is -0.398 e. The zero-order valence-corrected chi connectivity index (χ0v) is 12.9. The molecule has 3 rings (SSSR count). The van der Waals surface area contributed by atoms with Crippen molar-refractivity contribution < 1.29 is 4.79 Å². The molecule has 2 fully saturated rings. The Bertz CT molecular complexity index is 665. The fourth-order valence-electron chi connectivity index (χ4n) is 3.65. The first kappa shape index (κ1) is 15.5. The van der Waals surface area contributed by atoms with Crippen molar-refractivity contribution in [1.29, 1.82) is 10.7 Å². The van der Waals surface area contributed by atoms with Crippen LogP contribution in [0.4, 0.5) is 5.69 Å². The highest BCUT2D eigenvalue weighted by Gasteiger charge is 2.42. The molecule has 23 heavy (non-hydrogen) atoms. The van der Waals surface area contributed by atoms with Crippen LogP contribution in [0, 0.1) is 22.7 Å². The van der Waals surface area contributed by atoms with Crippen LogP contribution in [-0.2, 0) is 11.2 Å². The summed E-state index contributed by atoms with van der Waals surface area (Å²) in [6.07, 6.45) is 4.90. The van der Waals surface area contributed by atoms with E-state index in [1.165, 1.54) is 6.21 Å². The second-order valence-corrected chi connectivity index (χ2v) is 6.42. The van der Waals surface area contributed by atoms with Crippen LogP contribution in [0.15, 0.2) is 18.2 Å². The van der Waals surface area contributed by atoms with E-state index >= 15 is 0 Å². The molecule has 5 N–H and O–H groups in total. The highest BCUT2D eigenvalue weighted by atomic mass is 16.2. The summed E-state index contributed by atoms with van der Waals surface area (Å²) in [7, 11) is 0. The van der Waals surface area contributed by atoms with E-state index in [4.69, 9.17) is 11.1 Å². The summed E-state index contributed by atoms with van der Waals surface area (Å²) in [5.74, 6) is 0.326. The van der Waals surface area contributed by atoms with E-state index < -0.39 is 6.04 Å². The van der Waals surface area contributed by atoms with Gasteiger partial charge >= 0.3 is 0 Å². The summed E-state index contributed by atoms with van der Waals surface area (Å²) in [4.78, 5) is 12.4. The minimum atomic E-state index is -0.578. The Kier molecular flexibility index (Phi) is 4.30. The van der Waals surface area contributed by atoms with Crippen LogP contribution in [0.25, 0.3) is 0 Å². The van der Waals surface area contributed by atoms with Crippen LogP contribution in [-0.4, -0.2) is 30.2 Å². The number of anilines is 1. The fraction of sp³-hybridized carbons (Fsp3) is 0.471. The van der Waals surface area contributed by atoms with Gasteiger partial charge < -0.3 is 21.8 Å². The number of nitriles is 1. The summed E-state index contributed by atoms with van der Waals surface area (Å²) in [6, 6.07) is 7.22. The molecule has 120 valence electrons. The third-order valence-corrected chi connectivity index (χ3v) is 4.86. The zero-order valence-electron chi connectivity index (χ0n) is 12.9. The second-order valence-electron chi connectivity index (χ2n) is 6.42. The van der Waals surface area contributed by atoms with E-state index in [2.05, 4.69) is 16.7 Å². The van der Waals surface area contributed by atoms with E-state index in [-0.39, 0.29) is 11.9 Å². The van der Waals surface area contributed by atoms with Gasteiger partial charge in [-0.05, 0) is 42.9 Å². The number of nitrogens with zero attached hydrogens (tertiary/aromatic N) is 1. The van der Waals surface area contributed by atoms with Crippen molar-refractivity contribution in [3.63, 3.8) is 0 Å². The van der Waals surface area contributed by atoms with Gasteiger partial charge in [-0.2, -0.15) is 5.26 Å². The average Bonchev–Trinajstić information content (AvgIpc) is 3.18. The Morgan fingerprint density at radius 1 is 1.57 bits per heavy atom. The third-order valence-electron chi connectivity index (χ3n) is 4.86. The molecule has 0 spiro atoms. The van der Waals surface area contributed by atoms with E-state index in [9.17, 15) is 10.1 Å². The highest BCUT2D eigenvalue weighted by molar-refractivity contribution is 5.85. The van der Waals surface area contributed by atoms with Crippen LogP contribution in [0.2, 0.25) is 0 Å². The number of benzene rings is 1. The summed E-state index contributed by atoms with van der Waals surface area (Å²) in [5.41, 5.74) is 7.81. The third kappa shape index (κ3) is 3.20. The molecule has 4 atom stereocenters. The van der Waals surface area contributed by atoms with Gasteiger partial charge in [0.2, 0.25) is 5.91 Å². The van der Waals surface area contributed by atoms with Crippen LogP contribution in [0.5, 0.6) is 0 Å². The lowest BCUT2D eigenvalue weighted by Gasteiger charge is -2.23. The second kappa shape index (κ2) is 6.39. The van der Waals surface area contributed by atoms with Gasteiger partial charge in [0.15, 0.2) is 0 Å². The van der Waals surface area contributed by atoms with E-state index in [0.717, 1.165) is 24.8 Å². The number of nitrogens with two attached hydrogens (primary N) is 1. The molecule has 2 bridgehead atoms. The maximum Gasteiger partial charge on any atom is 0.238 e. The molecule has 0 radical (unpaired) electrons. The summed E-state index contributed by atoms with van der Waals surface area (Å²) in [5, 5.41) is 22.9. The first-order valence-corrected chi connectivity index (χ1v) is 7.95. The topological polar surface area (TPSA) is 115 Å². The van der Waals surface area contributed by atoms with Crippen molar-refractivity contribution in [2.45, 2.75) is 43.8 Å². The predicted octanol–water partition coefficient (Wildman–Crippen LogP) is 0.958. The van der Waals surface area contributed by atoms with E-state index in [0.29, 0.717) is 29.6 Å². The number of nitrogen functional groups attached to an aromatic ring is 1. The number of hydrogen-bond acceptors (Lipinski definition) is 5. The fourth-order valence-corrected chi connectivity index (χ4v) is 3.65. The summed E-state index contributed by atoms with van der Waals surface area (Å²) < 4.78 is 0. The smallest absolute Gasteiger partial charge is 0.238 e. The van der Waals surface area contributed by atoms with Gasteiger partial charge in [0.25, 0.3) is 0 Å². The lowest BCUT2D eigenvalue weighted by atomic mass is 9.98. The van der Waals surface area contributed by atoms with Gasteiger partial charge in [-0.3, -0.25) is 4.79 Å². The van der Waals surface area contributed by atoms with E-state index in [1.54, 1.807) is 12.1 Å². The normalized spacial score (nSPS) is 26.5. The van der Waals surface area contributed by atoms with Crippen LogP contribution in [0.1, 0.15) is 30.4 Å². The molecule has 4 unspecified atom stereocenters. The molecular formula is C17H21N5O. The molecule has 6 heteroatoms. The van der Waals surface area contributed by atoms with Crippen molar-refractivity contribution in [3.05, 3.63) is 29.3 Å². The lowest BCUT2D eigenvalue weighted by Crippen LogP contribution is -2.50. The number of carbonyl (C=O) groups excluding carboxylic acids is 1. The maximum atomic E-state index is 12.4. The zero-order chi connectivity index (χ0) is 16.4.